The van der Waals surface area contributed by atoms with Gasteiger partial charge in [-0.2, -0.15) is 0 Å². The molecular formula is C25H31ClN2O4S. The van der Waals surface area contributed by atoms with Crippen molar-refractivity contribution in [2.24, 2.45) is 0 Å². The van der Waals surface area contributed by atoms with Gasteiger partial charge >= 0.3 is 0 Å². The molecule has 0 unspecified atom stereocenters. The van der Waals surface area contributed by atoms with Crippen LogP contribution < -0.4 is 14.2 Å². The summed E-state index contributed by atoms with van der Waals surface area (Å²) in [7, 11) is -0.184. The minimum absolute atomic E-state index is 0. The Kier molecular flexibility index (Phi) is 8.59. The molecule has 0 spiro atoms. The Morgan fingerprint density at radius 2 is 1.61 bits per heavy atom. The number of hydrogen-bond acceptors (Lipinski definition) is 5. The van der Waals surface area contributed by atoms with E-state index in [0.29, 0.717) is 11.4 Å². The van der Waals surface area contributed by atoms with Crippen molar-refractivity contribution in [1.29, 1.82) is 0 Å². The van der Waals surface area contributed by atoms with E-state index in [0.717, 1.165) is 61.2 Å². The van der Waals surface area contributed by atoms with Gasteiger partial charge in [-0.15, -0.1) is 12.4 Å². The zero-order valence-corrected chi connectivity index (χ0v) is 20.7. The average Bonchev–Trinajstić information content (AvgIpc) is 2.82. The predicted octanol–water partition coefficient (Wildman–Crippen LogP) is 4.40. The van der Waals surface area contributed by atoms with Gasteiger partial charge in [-0.1, -0.05) is 30.3 Å². The smallest absolute Gasteiger partial charge is 0.240 e. The summed E-state index contributed by atoms with van der Waals surface area (Å²) < 4.78 is 38.9. The molecule has 4 rings (SSSR count). The number of methoxy groups -OCH3 is 2. The summed E-state index contributed by atoms with van der Waals surface area (Å²) in [6.45, 7) is 3.24. The maximum atomic E-state index is 12.6. The molecule has 1 aliphatic rings. The summed E-state index contributed by atoms with van der Waals surface area (Å²) in [4.78, 5) is 2.72. The molecular weight excluding hydrogens is 460 g/mol. The number of rotatable bonds is 9. The number of benzene rings is 3. The summed E-state index contributed by atoms with van der Waals surface area (Å²) in [6, 6.07) is 17.2. The van der Waals surface area contributed by atoms with Crippen molar-refractivity contribution in [3.8, 4) is 11.5 Å². The van der Waals surface area contributed by atoms with E-state index < -0.39 is 10.0 Å². The maximum Gasteiger partial charge on any atom is 0.240 e. The molecule has 3 aromatic rings. The Labute approximate surface area is 202 Å². The van der Waals surface area contributed by atoms with Crippen LogP contribution in [0.25, 0.3) is 10.8 Å². The van der Waals surface area contributed by atoms with Crippen molar-refractivity contribution in [3.05, 3.63) is 65.7 Å². The molecule has 0 fully saturated rings. The number of sulfonamides is 1. The lowest BCUT2D eigenvalue weighted by atomic mass is 9.98. The molecule has 6 nitrogen and oxygen atoms in total. The highest BCUT2D eigenvalue weighted by atomic mass is 35.5. The number of hydrogen-bond donors (Lipinski definition) is 1. The minimum atomic E-state index is -3.50. The largest absolute Gasteiger partial charge is 0.493 e. The third-order valence-electron chi connectivity index (χ3n) is 6.02. The standard InChI is InChI=1S/C25H30N2O4S.ClH/c1-30-24-16-21-11-14-27(18-22(21)17-25(24)31-2)13-6-5-12-26-32(28,29)23-10-9-19-7-3-4-8-20(19)15-23;/h3-4,7-10,15-17,26H,5-6,11-14,18H2,1-2H3;1H. The van der Waals surface area contributed by atoms with Crippen molar-refractivity contribution in [1.82, 2.24) is 9.62 Å². The van der Waals surface area contributed by atoms with Gasteiger partial charge in [-0.3, -0.25) is 4.90 Å². The fraction of sp³-hybridized carbons (Fsp3) is 0.360. The number of fused-ring (bicyclic) bond motifs is 2. The molecule has 1 heterocycles. The Morgan fingerprint density at radius 3 is 2.33 bits per heavy atom. The van der Waals surface area contributed by atoms with Crippen LogP contribution in [0.1, 0.15) is 24.0 Å². The lowest BCUT2D eigenvalue weighted by Gasteiger charge is -2.29. The number of nitrogens with one attached hydrogen (secondary N) is 1. The molecule has 1 N–H and O–H groups in total. The highest BCUT2D eigenvalue weighted by Gasteiger charge is 2.19. The number of halogens is 1. The van der Waals surface area contributed by atoms with Crippen LogP contribution in [0.2, 0.25) is 0 Å². The van der Waals surface area contributed by atoms with Crippen molar-refractivity contribution < 1.29 is 17.9 Å². The SMILES string of the molecule is COc1cc2c(cc1OC)CN(CCCCNS(=O)(=O)c1ccc3ccccc3c1)CC2.Cl. The molecule has 33 heavy (non-hydrogen) atoms. The molecule has 3 aromatic carbocycles. The third kappa shape index (κ3) is 5.98. The number of unbranched alkanes of at least 4 members (excludes halogenated alkanes) is 1. The van der Waals surface area contributed by atoms with Crippen molar-refractivity contribution >= 4 is 33.2 Å². The van der Waals surface area contributed by atoms with E-state index in [1.807, 2.05) is 30.3 Å². The summed E-state index contributed by atoms with van der Waals surface area (Å²) >= 11 is 0. The Hall–Kier alpha value is -2.32. The van der Waals surface area contributed by atoms with E-state index in [1.165, 1.54) is 11.1 Å². The van der Waals surface area contributed by atoms with E-state index in [1.54, 1.807) is 26.4 Å². The van der Waals surface area contributed by atoms with Crippen LogP contribution >= 0.6 is 12.4 Å². The van der Waals surface area contributed by atoms with Gasteiger partial charge in [-0.05, 0) is 72.0 Å². The normalized spacial score (nSPS) is 13.9. The summed E-state index contributed by atoms with van der Waals surface area (Å²) in [6.07, 6.45) is 2.70. The Balaban J connectivity index is 0.00000306. The van der Waals surface area contributed by atoms with Gasteiger partial charge in [-0.25, -0.2) is 13.1 Å². The number of ether oxygens (including phenoxy) is 2. The molecule has 178 valence electrons. The summed E-state index contributed by atoms with van der Waals surface area (Å²) in [5, 5.41) is 1.96. The van der Waals surface area contributed by atoms with E-state index in [-0.39, 0.29) is 12.4 Å². The minimum Gasteiger partial charge on any atom is -0.493 e. The monoisotopic (exact) mass is 490 g/mol. The molecule has 0 bridgehead atoms. The highest BCUT2D eigenvalue weighted by molar-refractivity contribution is 7.89. The van der Waals surface area contributed by atoms with Gasteiger partial charge in [0.05, 0.1) is 19.1 Å². The van der Waals surface area contributed by atoms with Crippen LogP contribution in [0.5, 0.6) is 11.5 Å². The van der Waals surface area contributed by atoms with Crippen molar-refractivity contribution in [2.75, 3.05) is 33.9 Å². The van der Waals surface area contributed by atoms with E-state index in [2.05, 4.69) is 21.8 Å². The molecule has 0 aromatic heterocycles. The molecule has 0 atom stereocenters. The van der Waals surface area contributed by atoms with Crippen molar-refractivity contribution in [3.63, 3.8) is 0 Å². The van der Waals surface area contributed by atoms with Crippen LogP contribution in [0.4, 0.5) is 0 Å². The van der Waals surface area contributed by atoms with Gasteiger partial charge in [0.15, 0.2) is 11.5 Å². The molecule has 8 heteroatoms. The van der Waals surface area contributed by atoms with E-state index in [9.17, 15) is 8.42 Å². The summed E-state index contributed by atoms with van der Waals surface area (Å²) in [5.74, 6) is 1.54. The van der Waals surface area contributed by atoms with E-state index >= 15 is 0 Å². The lowest BCUT2D eigenvalue weighted by Crippen LogP contribution is -2.32. The van der Waals surface area contributed by atoms with Crippen LogP contribution in [0.3, 0.4) is 0 Å². The molecule has 0 saturated carbocycles. The van der Waals surface area contributed by atoms with Crippen LogP contribution in [0, 0.1) is 0 Å². The Bertz CT molecular complexity index is 1200. The molecule has 0 aliphatic carbocycles. The van der Waals surface area contributed by atoms with E-state index in [4.69, 9.17) is 9.47 Å². The quantitative estimate of drug-likeness (QED) is 0.450. The first kappa shape index (κ1) is 25.3. The molecule has 0 amide bonds. The molecule has 1 aliphatic heterocycles. The third-order valence-corrected chi connectivity index (χ3v) is 7.48. The zero-order chi connectivity index (χ0) is 22.6. The fourth-order valence-corrected chi connectivity index (χ4v) is 5.33. The lowest BCUT2D eigenvalue weighted by molar-refractivity contribution is 0.248. The highest BCUT2D eigenvalue weighted by Crippen LogP contribution is 2.33. The second-order valence-corrected chi connectivity index (χ2v) is 9.88. The van der Waals surface area contributed by atoms with Crippen LogP contribution in [0.15, 0.2) is 59.5 Å². The molecule has 0 radical (unpaired) electrons. The Morgan fingerprint density at radius 1 is 0.909 bits per heavy atom. The van der Waals surface area contributed by atoms with Crippen LogP contribution in [-0.4, -0.2) is 47.2 Å². The fourth-order valence-electron chi connectivity index (χ4n) is 4.22. The first-order valence-corrected chi connectivity index (χ1v) is 12.4. The molecule has 0 saturated heterocycles. The summed E-state index contributed by atoms with van der Waals surface area (Å²) in [5.41, 5.74) is 2.58. The van der Waals surface area contributed by atoms with Gasteiger partial charge in [0.1, 0.15) is 0 Å². The second kappa shape index (κ2) is 11.2. The first-order valence-electron chi connectivity index (χ1n) is 10.9. The predicted molar refractivity (Wildman–Crippen MR) is 134 cm³/mol. The maximum absolute atomic E-state index is 12.6. The van der Waals surface area contributed by atoms with Crippen LogP contribution in [-0.2, 0) is 23.0 Å². The second-order valence-electron chi connectivity index (χ2n) is 8.12. The van der Waals surface area contributed by atoms with Gasteiger partial charge in [0, 0.05) is 19.6 Å². The van der Waals surface area contributed by atoms with Gasteiger partial charge in [0.25, 0.3) is 0 Å². The van der Waals surface area contributed by atoms with Gasteiger partial charge < -0.3 is 9.47 Å². The topological polar surface area (TPSA) is 67.9 Å². The van der Waals surface area contributed by atoms with Crippen molar-refractivity contribution in [2.45, 2.75) is 30.7 Å². The first-order chi connectivity index (χ1) is 15.5. The number of nitrogens with zero attached hydrogens (tertiary/aromatic N) is 1. The van der Waals surface area contributed by atoms with Gasteiger partial charge in [0.2, 0.25) is 10.0 Å². The zero-order valence-electron chi connectivity index (χ0n) is 19.0. The average molecular weight is 491 g/mol.